The highest BCUT2D eigenvalue weighted by atomic mass is 16.3. The Morgan fingerprint density at radius 2 is 1.73 bits per heavy atom. The number of benzene rings is 2. The van der Waals surface area contributed by atoms with Gasteiger partial charge in [0.05, 0.1) is 6.61 Å². The number of nitrogens with one attached hydrogen (secondary N) is 1. The Kier molecular flexibility index (Phi) is 5.89. The molecule has 2 aromatic carbocycles. The second kappa shape index (κ2) is 8.93. The zero-order valence-corrected chi connectivity index (χ0v) is 17.8. The Morgan fingerprint density at radius 3 is 2.60 bits per heavy atom. The summed E-state index contributed by atoms with van der Waals surface area (Å²) in [7, 11) is 0. The molecule has 2 aliphatic heterocycles. The number of H-pyrrole nitrogens is 1. The first kappa shape index (κ1) is 19.8. The van der Waals surface area contributed by atoms with E-state index in [1.165, 1.54) is 72.1 Å². The monoisotopic (exact) mass is 403 g/mol. The molecule has 2 aliphatic rings. The average molecular weight is 404 g/mol. The van der Waals surface area contributed by atoms with Crippen LogP contribution in [-0.4, -0.2) is 52.2 Å². The van der Waals surface area contributed by atoms with E-state index < -0.39 is 0 Å². The molecule has 5 rings (SSSR count). The normalized spacial score (nSPS) is 20.9. The van der Waals surface area contributed by atoms with E-state index in [1.54, 1.807) is 0 Å². The van der Waals surface area contributed by atoms with Crippen LogP contribution in [0.1, 0.15) is 43.4 Å². The number of piperidine rings is 1. The summed E-state index contributed by atoms with van der Waals surface area (Å²) in [6.07, 6.45) is 6.34. The summed E-state index contributed by atoms with van der Waals surface area (Å²) in [5, 5.41) is 10.9. The van der Waals surface area contributed by atoms with Gasteiger partial charge in [0.1, 0.15) is 0 Å². The summed E-state index contributed by atoms with van der Waals surface area (Å²) in [6.45, 7) is 5.76. The van der Waals surface area contributed by atoms with Crippen molar-refractivity contribution < 1.29 is 5.11 Å². The van der Waals surface area contributed by atoms with Crippen LogP contribution >= 0.6 is 0 Å². The lowest BCUT2D eigenvalue weighted by molar-refractivity contribution is 0.152. The first-order chi connectivity index (χ1) is 14.8. The van der Waals surface area contributed by atoms with Gasteiger partial charge in [-0.2, -0.15) is 0 Å². The molecule has 0 bridgehead atoms. The summed E-state index contributed by atoms with van der Waals surface area (Å²) in [6, 6.07) is 18.4. The van der Waals surface area contributed by atoms with Crippen molar-refractivity contribution in [2.24, 2.45) is 0 Å². The van der Waals surface area contributed by atoms with E-state index in [9.17, 15) is 5.11 Å². The van der Waals surface area contributed by atoms with Crippen molar-refractivity contribution in [3.05, 3.63) is 59.8 Å². The predicted octanol–water partition coefficient (Wildman–Crippen LogP) is 4.78. The van der Waals surface area contributed by atoms with Crippen LogP contribution in [0.5, 0.6) is 0 Å². The predicted molar refractivity (Wildman–Crippen MR) is 123 cm³/mol. The Bertz CT molecular complexity index is 989. The number of rotatable bonds is 6. The van der Waals surface area contributed by atoms with Crippen LogP contribution in [0.2, 0.25) is 0 Å². The van der Waals surface area contributed by atoms with Crippen molar-refractivity contribution in [3.63, 3.8) is 0 Å². The number of hydrogen-bond donors (Lipinski definition) is 2. The first-order valence-corrected chi connectivity index (χ1v) is 11.6. The van der Waals surface area contributed by atoms with Gasteiger partial charge in [-0.15, -0.1) is 0 Å². The molecular weight excluding hydrogens is 370 g/mol. The molecule has 4 heteroatoms. The van der Waals surface area contributed by atoms with E-state index in [2.05, 4.69) is 63.3 Å². The van der Waals surface area contributed by atoms with Crippen LogP contribution in [0.3, 0.4) is 0 Å². The van der Waals surface area contributed by atoms with E-state index in [0.717, 1.165) is 26.1 Å². The third-order valence-electron chi connectivity index (χ3n) is 6.87. The van der Waals surface area contributed by atoms with Gasteiger partial charge in [0, 0.05) is 35.7 Å². The number of likely N-dealkylation sites (tertiary alicyclic amines) is 2. The molecule has 2 saturated heterocycles. The van der Waals surface area contributed by atoms with Crippen molar-refractivity contribution in [3.8, 4) is 11.1 Å². The van der Waals surface area contributed by atoms with Crippen LogP contribution in [-0.2, 0) is 13.1 Å². The number of hydrogen-bond acceptors (Lipinski definition) is 3. The topological polar surface area (TPSA) is 42.5 Å². The molecule has 3 heterocycles. The maximum absolute atomic E-state index is 9.59. The van der Waals surface area contributed by atoms with E-state index in [-0.39, 0.29) is 6.61 Å². The van der Waals surface area contributed by atoms with Gasteiger partial charge in [0.2, 0.25) is 0 Å². The average Bonchev–Trinajstić information content (AvgIpc) is 3.40. The van der Waals surface area contributed by atoms with Gasteiger partial charge in [0.25, 0.3) is 0 Å². The van der Waals surface area contributed by atoms with Gasteiger partial charge >= 0.3 is 0 Å². The van der Waals surface area contributed by atoms with Crippen LogP contribution in [0.15, 0.2) is 48.5 Å². The van der Waals surface area contributed by atoms with Gasteiger partial charge in [-0.05, 0) is 86.3 Å². The number of nitrogens with zero attached hydrogens (tertiary/aromatic N) is 2. The van der Waals surface area contributed by atoms with Gasteiger partial charge in [-0.1, -0.05) is 30.7 Å². The maximum atomic E-state index is 9.59. The standard InChI is InChI=1S/C26H33N3O/c30-19-25-8-5-13-29(25)18-24-16-23-15-22(9-10-26(23)27-24)21-7-4-6-20(14-21)17-28-11-2-1-3-12-28/h4,6-7,9-10,14-16,25,27,30H,1-3,5,8,11-13,17-19H2/t25-/m1/s1. The van der Waals surface area contributed by atoms with Gasteiger partial charge < -0.3 is 10.1 Å². The maximum Gasteiger partial charge on any atom is 0.0587 e. The van der Waals surface area contributed by atoms with Gasteiger partial charge in [-0.3, -0.25) is 9.80 Å². The molecule has 4 nitrogen and oxygen atoms in total. The zero-order chi connectivity index (χ0) is 20.3. The molecule has 0 aliphatic carbocycles. The third-order valence-corrected chi connectivity index (χ3v) is 6.87. The van der Waals surface area contributed by atoms with E-state index in [1.807, 2.05) is 0 Å². The van der Waals surface area contributed by atoms with Gasteiger partial charge in [0.15, 0.2) is 0 Å². The molecule has 3 aromatic rings. The number of aromatic nitrogens is 1. The Balaban J connectivity index is 1.34. The second-order valence-corrected chi connectivity index (χ2v) is 9.08. The molecule has 30 heavy (non-hydrogen) atoms. The summed E-state index contributed by atoms with van der Waals surface area (Å²) in [5.41, 5.74) is 6.42. The van der Waals surface area contributed by atoms with Crippen LogP contribution in [0.4, 0.5) is 0 Å². The molecule has 0 radical (unpaired) electrons. The molecule has 0 spiro atoms. The third kappa shape index (κ3) is 4.31. The van der Waals surface area contributed by atoms with Crippen LogP contribution in [0, 0.1) is 0 Å². The second-order valence-electron chi connectivity index (χ2n) is 9.08. The molecule has 1 atom stereocenters. The van der Waals surface area contributed by atoms with Crippen molar-refractivity contribution in [2.75, 3.05) is 26.2 Å². The SMILES string of the molecule is OC[C@H]1CCCN1Cc1cc2cc(-c3cccc(CN4CCCCC4)c3)ccc2[nH]1. The fourth-order valence-corrected chi connectivity index (χ4v) is 5.21. The van der Waals surface area contributed by atoms with Crippen LogP contribution in [0.25, 0.3) is 22.0 Å². The highest BCUT2D eigenvalue weighted by Gasteiger charge is 2.24. The number of aromatic amines is 1. The lowest BCUT2D eigenvalue weighted by atomic mass is 10.0. The van der Waals surface area contributed by atoms with Crippen molar-refractivity contribution in [2.45, 2.75) is 51.2 Å². The minimum absolute atomic E-state index is 0.262. The number of aliphatic hydroxyl groups is 1. The summed E-state index contributed by atoms with van der Waals surface area (Å²) in [4.78, 5) is 8.57. The smallest absolute Gasteiger partial charge is 0.0587 e. The Morgan fingerprint density at radius 1 is 0.867 bits per heavy atom. The lowest BCUT2D eigenvalue weighted by Gasteiger charge is -2.26. The minimum atomic E-state index is 0.262. The molecule has 2 N–H and O–H groups in total. The first-order valence-electron chi connectivity index (χ1n) is 11.6. The summed E-state index contributed by atoms with van der Waals surface area (Å²) in [5.74, 6) is 0. The molecule has 0 amide bonds. The Hall–Kier alpha value is -2.14. The Labute approximate surface area is 179 Å². The largest absolute Gasteiger partial charge is 0.395 e. The summed E-state index contributed by atoms with van der Waals surface area (Å²) >= 11 is 0. The van der Waals surface area contributed by atoms with E-state index in [4.69, 9.17) is 0 Å². The highest BCUT2D eigenvalue weighted by Crippen LogP contribution is 2.28. The van der Waals surface area contributed by atoms with Crippen molar-refractivity contribution in [1.82, 2.24) is 14.8 Å². The molecule has 158 valence electrons. The molecule has 2 fully saturated rings. The molecule has 0 unspecified atom stereocenters. The minimum Gasteiger partial charge on any atom is -0.395 e. The van der Waals surface area contributed by atoms with E-state index >= 15 is 0 Å². The highest BCUT2D eigenvalue weighted by molar-refractivity contribution is 5.86. The summed E-state index contributed by atoms with van der Waals surface area (Å²) < 4.78 is 0. The lowest BCUT2D eigenvalue weighted by Crippen LogP contribution is -2.31. The molecule has 1 aromatic heterocycles. The zero-order valence-electron chi connectivity index (χ0n) is 17.8. The van der Waals surface area contributed by atoms with E-state index in [0.29, 0.717) is 6.04 Å². The molecular formula is C26H33N3O. The van der Waals surface area contributed by atoms with Gasteiger partial charge in [-0.25, -0.2) is 0 Å². The number of fused-ring (bicyclic) bond motifs is 1. The van der Waals surface area contributed by atoms with Crippen molar-refractivity contribution in [1.29, 1.82) is 0 Å². The van der Waals surface area contributed by atoms with Crippen molar-refractivity contribution >= 4 is 10.9 Å². The quantitative estimate of drug-likeness (QED) is 0.623. The molecule has 0 saturated carbocycles. The fourth-order valence-electron chi connectivity index (χ4n) is 5.21. The number of aliphatic hydroxyl groups excluding tert-OH is 1. The fraction of sp³-hybridized carbons (Fsp3) is 0.462. The van der Waals surface area contributed by atoms with Crippen LogP contribution < -0.4 is 0 Å².